The van der Waals surface area contributed by atoms with E-state index in [9.17, 15) is 9.59 Å². The summed E-state index contributed by atoms with van der Waals surface area (Å²) >= 11 is 3.50. The number of carbonyl (C=O) groups is 2. The molecule has 2 fully saturated rings. The Balaban J connectivity index is 0.000000447. The molecule has 0 unspecified atom stereocenters. The number of benzene rings is 1. The van der Waals surface area contributed by atoms with Crippen molar-refractivity contribution in [2.45, 2.75) is 63.5 Å². The highest BCUT2D eigenvalue weighted by molar-refractivity contribution is 9.10. The molecule has 0 bridgehead atoms. The molecule has 4 rings (SSSR count). The molecule has 2 amide bonds. The van der Waals surface area contributed by atoms with Crippen LogP contribution in [0.2, 0.25) is 0 Å². The van der Waals surface area contributed by atoms with E-state index in [0.717, 1.165) is 41.3 Å². The lowest BCUT2D eigenvalue weighted by atomic mass is 9.86. The molecular formula is C20H27BrN2O3. The summed E-state index contributed by atoms with van der Waals surface area (Å²) in [5.41, 5.74) is 2.01. The van der Waals surface area contributed by atoms with Crippen LogP contribution in [0, 0.1) is 0 Å². The van der Waals surface area contributed by atoms with Crippen molar-refractivity contribution in [1.29, 1.82) is 0 Å². The largest absolute Gasteiger partial charge is 0.394 e. The molecule has 0 atom stereocenters. The number of halogens is 1. The first-order valence-corrected chi connectivity index (χ1v) is 10.2. The topological polar surface area (TPSA) is 69.6 Å². The number of nitrogens with zero attached hydrogens (tertiary/aromatic N) is 1. The Labute approximate surface area is 163 Å². The minimum absolute atomic E-state index is 0.0104. The monoisotopic (exact) mass is 422 g/mol. The minimum Gasteiger partial charge on any atom is -0.394 e. The smallest absolute Gasteiger partial charge is 0.254 e. The standard InChI is InChI=1S/C17H19BrN2O2.C3H8O/c18-11-4-5-13-14(8-11)17(6-7-17)10-20(16(13)22)9-15(21)19-12-2-1-3-12;1-3(2)4/h4-5,8,12H,1-3,6-7,9-10H2,(H,19,21);3-4H,1-2H3. The first kappa shape index (κ1) is 19.4. The molecule has 2 aliphatic carbocycles. The molecule has 1 aliphatic heterocycles. The molecule has 1 aromatic carbocycles. The van der Waals surface area contributed by atoms with Gasteiger partial charge in [-0.15, -0.1) is 0 Å². The zero-order valence-corrected chi connectivity index (χ0v) is 17.0. The molecule has 0 aromatic heterocycles. The molecule has 26 heavy (non-hydrogen) atoms. The summed E-state index contributed by atoms with van der Waals surface area (Å²) in [5.74, 6) is -0.0294. The molecule has 1 aromatic rings. The third-order valence-corrected chi connectivity index (χ3v) is 5.72. The quantitative estimate of drug-likeness (QED) is 0.786. The van der Waals surface area contributed by atoms with Crippen molar-refractivity contribution < 1.29 is 14.7 Å². The molecule has 1 spiro atoms. The van der Waals surface area contributed by atoms with Gasteiger partial charge in [0.2, 0.25) is 5.91 Å². The summed E-state index contributed by atoms with van der Waals surface area (Å²) in [6, 6.07) is 6.19. The average molecular weight is 423 g/mol. The van der Waals surface area contributed by atoms with Crippen LogP contribution in [-0.4, -0.2) is 47.1 Å². The second-order valence-electron chi connectivity index (χ2n) is 7.92. The lowest BCUT2D eigenvalue weighted by Gasteiger charge is -2.35. The number of nitrogens with one attached hydrogen (secondary N) is 1. The Morgan fingerprint density at radius 2 is 2.04 bits per heavy atom. The zero-order valence-electron chi connectivity index (χ0n) is 15.4. The van der Waals surface area contributed by atoms with Gasteiger partial charge in [-0.3, -0.25) is 9.59 Å². The first-order chi connectivity index (χ1) is 12.3. The van der Waals surface area contributed by atoms with Crippen molar-refractivity contribution in [3.8, 4) is 0 Å². The summed E-state index contributed by atoms with van der Waals surface area (Å²) in [7, 11) is 0. The fourth-order valence-electron chi connectivity index (χ4n) is 3.54. The van der Waals surface area contributed by atoms with Crippen molar-refractivity contribution in [1.82, 2.24) is 10.2 Å². The highest BCUT2D eigenvalue weighted by Crippen LogP contribution is 2.52. The second-order valence-corrected chi connectivity index (χ2v) is 8.84. The number of amides is 2. The number of fused-ring (bicyclic) bond motifs is 2. The molecule has 6 heteroatoms. The number of hydrogen-bond donors (Lipinski definition) is 2. The van der Waals surface area contributed by atoms with Crippen molar-refractivity contribution in [3.05, 3.63) is 33.8 Å². The van der Waals surface area contributed by atoms with Gasteiger partial charge in [-0.25, -0.2) is 0 Å². The van der Waals surface area contributed by atoms with Gasteiger partial charge in [-0.2, -0.15) is 0 Å². The number of aliphatic hydroxyl groups is 1. The van der Waals surface area contributed by atoms with Crippen LogP contribution in [0.5, 0.6) is 0 Å². The van der Waals surface area contributed by atoms with E-state index >= 15 is 0 Å². The predicted molar refractivity (Wildman–Crippen MR) is 104 cm³/mol. The fraction of sp³-hybridized carbons (Fsp3) is 0.600. The number of aliphatic hydroxyl groups excluding tert-OH is 1. The summed E-state index contributed by atoms with van der Waals surface area (Å²) < 4.78 is 1.02. The molecule has 2 saturated carbocycles. The van der Waals surface area contributed by atoms with Gasteiger partial charge in [0.25, 0.3) is 5.91 Å². The van der Waals surface area contributed by atoms with Gasteiger partial charge in [0.1, 0.15) is 0 Å². The number of carbonyl (C=O) groups excluding carboxylic acids is 2. The third kappa shape index (κ3) is 4.29. The Morgan fingerprint density at radius 3 is 2.58 bits per heavy atom. The SMILES string of the molecule is CC(C)O.O=C(CN1CC2(CC2)c2cc(Br)ccc2C1=O)NC1CCC1. The van der Waals surface area contributed by atoms with Gasteiger partial charge >= 0.3 is 0 Å². The Morgan fingerprint density at radius 1 is 1.38 bits per heavy atom. The Bertz CT molecular complexity index is 694. The lowest BCUT2D eigenvalue weighted by Crippen LogP contribution is -2.50. The number of rotatable bonds is 3. The molecule has 142 valence electrons. The summed E-state index contributed by atoms with van der Waals surface area (Å²) in [5, 5.41) is 11.1. The molecule has 2 N–H and O–H groups in total. The van der Waals surface area contributed by atoms with E-state index in [1.165, 1.54) is 6.42 Å². The van der Waals surface area contributed by atoms with Crippen molar-refractivity contribution in [2.75, 3.05) is 13.1 Å². The van der Waals surface area contributed by atoms with E-state index in [1.807, 2.05) is 12.1 Å². The van der Waals surface area contributed by atoms with Gasteiger partial charge in [0.15, 0.2) is 0 Å². The molecule has 0 radical (unpaired) electrons. The van der Waals surface area contributed by atoms with Crippen molar-refractivity contribution in [3.63, 3.8) is 0 Å². The summed E-state index contributed by atoms with van der Waals surface area (Å²) in [6.07, 6.45) is 5.37. The lowest BCUT2D eigenvalue weighted by molar-refractivity contribution is -0.123. The van der Waals surface area contributed by atoms with Gasteiger partial charge in [-0.1, -0.05) is 15.9 Å². The highest BCUT2D eigenvalue weighted by atomic mass is 79.9. The zero-order chi connectivity index (χ0) is 18.9. The van der Waals surface area contributed by atoms with Crippen LogP contribution in [0.4, 0.5) is 0 Å². The van der Waals surface area contributed by atoms with Crippen LogP contribution in [0.3, 0.4) is 0 Å². The molecule has 0 saturated heterocycles. The van der Waals surface area contributed by atoms with Crippen LogP contribution in [0.15, 0.2) is 22.7 Å². The summed E-state index contributed by atoms with van der Waals surface area (Å²) in [4.78, 5) is 26.6. The molecular weight excluding hydrogens is 396 g/mol. The molecule has 3 aliphatic rings. The minimum atomic E-state index is -0.167. The van der Waals surface area contributed by atoms with Gasteiger partial charge in [-0.05, 0) is 69.7 Å². The summed E-state index contributed by atoms with van der Waals surface area (Å²) in [6.45, 7) is 4.31. The number of hydrogen-bond acceptors (Lipinski definition) is 3. The first-order valence-electron chi connectivity index (χ1n) is 9.37. The molecule has 1 heterocycles. The normalized spacial score (nSPS) is 20.2. The van der Waals surface area contributed by atoms with Crippen molar-refractivity contribution >= 4 is 27.7 Å². The fourth-order valence-corrected chi connectivity index (χ4v) is 3.90. The second kappa shape index (κ2) is 7.69. The third-order valence-electron chi connectivity index (χ3n) is 5.22. The van der Waals surface area contributed by atoms with E-state index in [1.54, 1.807) is 18.7 Å². The predicted octanol–water partition coefficient (Wildman–Crippen LogP) is 2.99. The van der Waals surface area contributed by atoms with Gasteiger partial charge < -0.3 is 15.3 Å². The van der Waals surface area contributed by atoms with E-state index < -0.39 is 0 Å². The Kier molecular flexibility index (Phi) is 5.72. The average Bonchev–Trinajstić information content (AvgIpc) is 3.28. The van der Waals surface area contributed by atoms with Crippen LogP contribution >= 0.6 is 15.9 Å². The highest BCUT2D eigenvalue weighted by Gasteiger charge is 2.51. The molecule has 5 nitrogen and oxygen atoms in total. The maximum atomic E-state index is 12.7. The van der Waals surface area contributed by atoms with E-state index in [4.69, 9.17) is 5.11 Å². The van der Waals surface area contributed by atoms with Gasteiger partial charge in [0.05, 0.1) is 6.54 Å². The van der Waals surface area contributed by atoms with E-state index in [0.29, 0.717) is 12.6 Å². The maximum absolute atomic E-state index is 12.7. The van der Waals surface area contributed by atoms with Gasteiger partial charge in [0, 0.05) is 34.1 Å². The van der Waals surface area contributed by atoms with Crippen LogP contribution in [0.1, 0.15) is 61.9 Å². The van der Waals surface area contributed by atoms with Crippen LogP contribution in [-0.2, 0) is 10.2 Å². The van der Waals surface area contributed by atoms with Crippen LogP contribution in [0.25, 0.3) is 0 Å². The van der Waals surface area contributed by atoms with Crippen LogP contribution < -0.4 is 5.32 Å². The van der Waals surface area contributed by atoms with Crippen molar-refractivity contribution in [2.24, 2.45) is 0 Å². The van der Waals surface area contributed by atoms with E-state index in [2.05, 4.69) is 27.3 Å². The maximum Gasteiger partial charge on any atom is 0.254 e. The Hall–Kier alpha value is -1.40. The van der Waals surface area contributed by atoms with E-state index in [-0.39, 0.29) is 29.9 Å².